The summed E-state index contributed by atoms with van der Waals surface area (Å²) in [5.41, 5.74) is 0. The highest BCUT2D eigenvalue weighted by atomic mass is 15.6. The molecule has 2 rings (SSSR count). The fourth-order valence-electron chi connectivity index (χ4n) is 1.93. The van der Waals surface area contributed by atoms with Crippen LogP contribution in [-0.2, 0) is 7.05 Å². The Balaban J connectivity index is 1.80. The largest absolute Gasteiger partial charge is 0.352 e. The van der Waals surface area contributed by atoms with E-state index in [-0.39, 0.29) is 0 Å². The Kier molecular flexibility index (Phi) is 3.15. The molecule has 15 heavy (non-hydrogen) atoms. The molecule has 0 aliphatic carbocycles. The van der Waals surface area contributed by atoms with E-state index in [9.17, 15) is 0 Å². The fourth-order valence-corrected chi connectivity index (χ4v) is 1.93. The molecule has 1 aliphatic heterocycles. The molecule has 2 heterocycles. The van der Waals surface area contributed by atoms with Crippen molar-refractivity contribution in [3.8, 4) is 0 Å². The lowest BCUT2D eigenvalue weighted by Gasteiger charge is -2.23. The van der Waals surface area contributed by atoms with Gasteiger partial charge in [0.1, 0.15) is 0 Å². The number of aryl methyl sites for hydroxylation is 1. The van der Waals surface area contributed by atoms with Gasteiger partial charge in [0.05, 0.1) is 0 Å². The first-order chi connectivity index (χ1) is 7.27. The van der Waals surface area contributed by atoms with Crippen LogP contribution < -0.4 is 5.32 Å². The quantitative estimate of drug-likeness (QED) is 0.764. The molecule has 1 saturated heterocycles. The van der Waals surface area contributed by atoms with E-state index in [1.165, 1.54) is 25.9 Å². The number of likely N-dealkylation sites (tertiary alicyclic amines) is 1. The second kappa shape index (κ2) is 4.57. The highest BCUT2D eigenvalue weighted by Crippen LogP contribution is 2.11. The van der Waals surface area contributed by atoms with Crippen molar-refractivity contribution in [1.82, 2.24) is 25.1 Å². The van der Waals surface area contributed by atoms with Crippen molar-refractivity contribution in [2.24, 2.45) is 7.05 Å². The molecular formula is C9H18N6. The van der Waals surface area contributed by atoms with E-state index in [1.54, 1.807) is 4.68 Å². The first-order valence-electron chi connectivity index (χ1n) is 5.47. The zero-order chi connectivity index (χ0) is 10.7. The maximum absolute atomic E-state index is 3.89. The van der Waals surface area contributed by atoms with Crippen LogP contribution in [0.4, 0.5) is 5.95 Å². The van der Waals surface area contributed by atoms with E-state index in [0.29, 0.717) is 6.04 Å². The number of nitrogens with zero attached hydrogens (tertiary/aromatic N) is 5. The number of nitrogens with one attached hydrogen (secondary N) is 1. The van der Waals surface area contributed by atoms with Gasteiger partial charge in [-0.15, -0.1) is 0 Å². The van der Waals surface area contributed by atoms with Gasteiger partial charge in [0.2, 0.25) is 5.95 Å². The number of rotatable bonds is 4. The van der Waals surface area contributed by atoms with Crippen LogP contribution in [0.2, 0.25) is 0 Å². The molecule has 0 aromatic carbocycles. The van der Waals surface area contributed by atoms with Gasteiger partial charge >= 0.3 is 0 Å². The third kappa shape index (κ3) is 2.44. The molecule has 6 nitrogen and oxygen atoms in total. The van der Waals surface area contributed by atoms with Gasteiger partial charge in [-0.3, -0.25) is 4.90 Å². The van der Waals surface area contributed by atoms with Crippen LogP contribution in [0.5, 0.6) is 0 Å². The Bertz CT molecular complexity index is 303. The zero-order valence-electron chi connectivity index (χ0n) is 9.35. The van der Waals surface area contributed by atoms with Crippen LogP contribution >= 0.6 is 0 Å². The van der Waals surface area contributed by atoms with Crippen LogP contribution in [0.1, 0.15) is 19.8 Å². The number of hydrogen-bond acceptors (Lipinski definition) is 5. The van der Waals surface area contributed by atoms with Gasteiger partial charge in [-0.1, -0.05) is 5.10 Å². The molecule has 84 valence electrons. The molecule has 6 heteroatoms. The summed E-state index contributed by atoms with van der Waals surface area (Å²) in [5.74, 6) is 0.737. The third-order valence-electron chi connectivity index (χ3n) is 2.94. The first kappa shape index (κ1) is 10.4. The summed E-state index contributed by atoms with van der Waals surface area (Å²) >= 11 is 0. The van der Waals surface area contributed by atoms with Gasteiger partial charge in [-0.05, 0) is 43.3 Å². The monoisotopic (exact) mass is 210 g/mol. The van der Waals surface area contributed by atoms with Crippen LogP contribution in [0.3, 0.4) is 0 Å². The minimum atomic E-state index is 0.546. The van der Waals surface area contributed by atoms with Crippen molar-refractivity contribution in [3.05, 3.63) is 0 Å². The Labute approximate surface area is 89.6 Å². The fraction of sp³-hybridized carbons (Fsp3) is 0.889. The van der Waals surface area contributed by atoms with Gasteiger partial charge in [-0.25, -0.2) is 4.68 Å². The molecule has 1 aromatic heterocycles. The molecular weight excluding hydrogens is 192 g/mol. The molecule has 0 saturated carbocycles. The molecule has 0 amide bonds. The average Bonchev–Trinajstić information content (AvgIpc) is 2.85. The lowest BCUT2D eigenvalue weighted by atomic mass is 10.3. The summed E-state index contributed by atoms with van der Waals surface area (Å²) in [6, 6.07) is 0.546. The molecule has 0 spiro atoms. The predicted octanol–water partition coefficient (Wildman–Crippen LogP) is 0.106. The van der Waals surface area contributed by atoms with Gasteiger partial charge in [0.25, 0.3) is 0 Å². The van der Waals surface area contributed by atoms with Crippen molar-refractivity contribution in [3.63, 3.8) is 0 Å². The van der Waals surface area contributed by atoms with Crippen LogP contribution in [-0.4, -0.2) is 50.8 Å². The van der Waals surface area contributed by atoms with E-state index in [2.05, 4.69) is 32.7 Å². The normalized spacial score (nSPS) is 19.3. The predicted molar refractivity (Wildman–Crippen MR) is 57.6 cm³/mol. The van der Waals surface area contributed by atoms with E-state index in [4.69, 9.17) is 0 Å². The van der Waals surface area contributed by atoms with Crippen molar-refractivity contribution in [1.29, 1.82) is 0 Å². The minimum absolute atomic E-state index is 0.546. The summed E-state index contributed by atoms with van der Waals surface area (Å²) in [7, 11) is 1.84. The lowest BCUT2D eigenvalue weighted by molar-refractivity contribution is 0.268. The van der Waals surface area contributed by atoms with Crippen LogP contribution in [0.25, 0.3) is 0 Å². The number of hydrogen-bond donors (Lipinski definition) is 1. The molecule has 1 aliphatic rings. The summed E-state index contributed by atoms with van der Waals surface area (Å²) in [6.07, 6.45) is 2.66. The summed E-state index contributed by atoms with van der Waals surface area (Å²) in [5, 5.41) is 14.5. The smallest absolute Gasteiger partial charge is 0.242 e. The summed E-state index contributed by atoms with van der Waals surface area (Å²) in [6.45, 7) is 5.58. The lowest BCUT2D eigenvalue weighted by Crippen LogP contribution is -2.35. The first-order valence-corrected chi connectivity index (χ1v) is 5.47. The van der Waals surface area contributed by atoms with Gasteiger partial charge in [-0.2, -0.15) is 0 Å². The minimum Gasteiger partial charge on any atom is -0.352 e. The second-order valence-electron chi connectivity index (χ2n) is 4.10. The molecule has 1 aromatic rings. The Morgan fingerprint density at radius 1 is 1.40 bits per heavy atom. The number of tetrazole rings is 1. The van der Waals surface area contributed by atoms with Gasteiger partial charge in [0, 0.05) is 19.6 Å². The SMILES string of the molecule is CC(CNc1nnnn1C)N1CCCC1. The summed E-state index contributed by atoms with van der Waals surface area (Å²) < 4.78 is 1.65. The highest BCUT2D eigenvalue weighted by Gasteiger charge is 2.17. The zero-order valence-corrected chi connectivity index (χ0v) is 9.35. The van der Waals surface area contributed by atoms with Crippen molar-refractivity contribution >= 4 is 5.95 Å². The van der Waals surface area contributed by atoms with E-state index in [1.807, 2.05) is 7.05 Å². The van der Waals surface area contributed by atoms with E-state index in [0.717, 1.165) is 12.5 Å². The Morgan fingerprint density at radius 2 is 2.13 bits per heavy atom. The maximum atomic E-state index is 3.89. The average molecular weight is 210 g/mol. The van der Waals surface area contributed by atoms with Crippen LogP contribution in [0, 0.1) is 0 Å². The van der Waals surface area contributed by atoms with Gasteiger partial charge < -0.3 is 5.32 Å². The van der Waals surface area contributed by atoms with Gasteiger partial charge in [0.15, 0.2) is 0 Å². The van der Waals surface area contributed by atoms with Crippen molar-refractivity contribution in [2.75, 3.05) is 25.0 Å². The molecule has 1 N–H and O–H groups in total. The second-order valence-corrected chi connectivity index (χ2v) is 4.10. The standard InChI is InChI=1S/C9H18N6/c1-8(15-5-3-4-6-15)7-10-9-11-12-13-14(9)2/h8H,3-7H2,1-2H3,(H,10,11,13). The highest BCUT2D eigenvalue weighted by molar-refractivity contribution is 5.21. The topological polar surface area (TPSA) is 58.9 Å². The third-order valence-corrected chi connectivity index (χ3v) is 2.94. The number of anilines is 1. The van der Waals surface area contributed by atoms with Crippen molar-refractivity contribution in [2.45, 2.75) is 25.8 Å². The molecule has 1 atom stereocenters. The molecule has 0 bridgehead atoms. The number of aromatic nitrogens is 4. The maximum Gasteiger partial charge on any atom is 0.242 e. The Hall–Kier alpha value is -1.17. The molecule has 1 unspecified atom stereocenters. The molecule has 1 fully saturated rings. The van der Waals surface area contributed by atoms with E-state index < -0.39 is 0 Å². The van der Waals surface area contributed by atoms with Crippen molar-refractivity contribution < 1.29 is 0 Å². The molecule has 0 radical (unpaired) electrons. The van der Waals surface area contributed by atoms with E-state index >= 15 is 0 Å². The summed E-state index contributed by atoms with van der Waals surface area (Å²) in [4.78, 5) is 2.50. The van der Waals surface area contributed by atoms with Crippen LogP contribution in [0.15, 0.2) is 0 Å². The Morgan fingerprint density at radius 3 is 2.73 bits per heavy atom.